The number of nitrogens with zero attached hydrogens (tertiary/aromatic N) is 3. The van der Waals surface area contributed by atoms with Crippen LogP contribution < -0.4 is 4.90 Å². The number of isocyanates is 1. The normalized spacial score (nSPS) is 17.9. The summed E-state index contributed by atoms with van der Waals surface area (Å²) in [6.45, 7) is 5.10. The average Bonchev–Trinajstić information content (AvgIpc) is 2.80. The SMILES string of the molecule is CC(N=C=O)c1cnc(N2CCOCC2)s1. The largest absolute Gasteiger partial charge is 0.378 e. The smallest absolute Gasteiger partial charge is 0.235 e. The van der Waals surface area contributed by atoms with E-state index in [0.29, 0.717) is 0 Å². The van der Waals surface area contributed by atoms with Crippen LogP contribution in [-0.2, 0) is 9.53 Å². The Morgan fingerprint density at radius 1 is 1.62 bits per heavy atom. The first-order chi connectivity index (χ1) is 7.81. The Kier molecular flexibility index (Phi) is 3.66. The first-order valence-electron chi connectivity index (χ1n) is 5.16. The highest BCUT2D eigenvalue weighted by Crippen LogP contribution is 2.29. The first-order valence-corrected chi connectivity index (χ1v) is 5.98. The van der Waals surface area contributed by atoms with Crippen LogP contribution in [0.4, 0.5) is 5.13 Å². The fourth-order valence-corrected chi connectivity index (χ4v) is 2.47. The van der Waals surface area contributed by atoms with Crippen molar-refractivity contribution in [3.63, 3.8) is 0 Å². The Morgan fingerprint density at radius 3 is 3.06 bits per heavy atom. The average molecular weight is 239 g/mol. The van der Waals surface area contributed by atoms with Gasteiger partial charge in [-0.15, -0.1) is 0 Å². The lowest BCUT2D eigenvalue weighted by molar-refractivity contribution is 0.122. The van der Waals surface area contributed by atoms with Crippen molar-refractivity contribution in [3.8, 4) is 0 Å². The van der Waals surface area contributed by atoms with E-state index in [-0.39, 0.29) is 6.04 Å². The van der Waals surface area contributed by atoms with Crippen molar-refractivity contribution in [2.45, 2.75) is 13.0 Å². The van der Waals surface area contributed by atoms with Gasteiger partial charge in [-0.3, -0.25) is 0 Å². The monoisotopic (exact) mass is 239 g/mol. The van der Waals surface area contributed by atoms with E-state index in [2.05, 4.69) is 14.9 Å². The van der Waals surface area contributed by atoms with E-state index in [9.17, 15) is 4.79 Å². The number of morpholine rings is 1. The van der Waals surface area contributed by atoms with Crippen molar-refractivity contribution in [2.24, 2.45) is 4.99 Å². The molecule has 2 heterocycles. The van der Waals surface area contributed by atoms with Gasteiger partial charge in [0.1, 0.15) is 0 Å². The van der Waals surface area contributed by atoms with Gasteiger partial charge in [0.15, 0.2) is 5.13 Å². The molecule has 1 fully saturated rings. The third-order valence-electron chi connectivity index (χ3n) is 2.45. The van der Waals surface area contributed by atoms with E-state index in [1.807, 2.05) is 6.92 Å². The number of hydrogen-bond donors (Lipinski definition) is 0. The number of ether oxygens (including phenoxy) is 1. The van der Waals surface area contributed by atoms with Crippen molar-refractivity contribution in [2.75, 3.05) is 31.2 Å². The molecule has 0 aliphatic carbocycles. The summed E-state index contributed by atoms with van der Waals surface area (Å²) < 4.78 is 5.28. The molecule has 1 unspecified atom stereocenters. The molecule has 5 nitrogen and oxygen atoms in total. The highest BCUT2D eigenvalue weighted by Gasteiger charge is 2.16. The van der Waals surface area contributed by atoms with Crippen LogP contribution in [-0.4, -0.2) is 37.4 Å². The minimum absolute atomic E-state index is 0.148. The molecular weight excluding hydrogens is 226 g/mol. The van der Waals surface area contributed by atoms with E-state index in [0.717, 1.165) is 36.3 Å². The highest BCUT2D eigenvalue weighted by atomic mass is 32.1. The third-order valence-corrected chi connectivity index (χ3v) is 3.68. The lowest BCUT2D eigenvalue weighted by Crippen LogP contribution is -2.36. The second-order valence-corrected chi connectivity index (χ2v) is 4.58. The summed E-state index contributed by atoms with van der Waals surface area (Å²) in [4.78, 5) is 21.4. The molecule has 2 rings (SSSR count). The number of anilines is 1. The zero-order valence-electron chi connectivity index (χ0n) is 9.05. The fraction of sp³-hybridized carbons (Fsp3) is 0.600. The van der Waals surface area contributed by atoms with Gasteiger partial charge >= 0.3 is 0 Å². The molecule has 1 aromatic heterocycles. The first kappa shape index (κ1) is 11.3. The molecule has 0 amide bonds. The maximum Gasteiger partial charge on any atom is 0.235 e. The molecular formula is C10H13N3O2S. The predicted octanol–water partition coefficient (Wildman–Crippen LogP) is 1.38. The summed E-state index contributed by atoms with van der Waals surface area (Å²) in [5, 5.41) is 0.978. The zero-order chi connectivity index (χ0) is 11.4. The molecule has 0 aromatic carbocycles. The molecule has 1 aliphatic rings. The van der Waals surface area contributed by atoms with Crippen LogP contribution in [0.3, 0.4) is 0 Å². The highest BCUT2D eigenvalue weighted by molar-refractivity contribution is 7.15. The standard InChI is InChI=1S/C10H13N3O2S/c1-8(12-7-14)9-6-11-10(16-9)13-2-4-15-5-3-13/h6,8H,2-5H2,1H3. The lowest BCUT2D eigenvalue weighted by atomic mass is 10.3. The Morgan fingerprint density at radius 2 is 2.38 bits per heavy atom. The minimum atomic E-state index is -0.148. The summed E-state index contributed by atoms with van der Waals surface area (Å²) in [5.41, 5.74) is 0. The van der Waals surface area contributed by atoms with Gasteiger partial charge in [-0.05, 0) is 6.92 Å². The van der Waals surface area contributed by atoms with Gasteiger partial charge in [-0.2, -0.15) is 4.99 Å². The van der Waals surface area contributed by atoms with Crippen LogP contribution in [0, 0.1) is 0 Å². The van der Waals surface area contributed by atoms with Crippen LogP contribution in [0.1, 0.15) is 17.8 Å². The summed E-state index contributed by atoms with van der Waals surface area (Å²) >= 11 is 1.57. The van der Waals surface area contributed by atoms with Crippen molar-refractivity contribution in [3.05, 3.63) is 11.1 Å². The number of thiazole rings is 1. The summed E-state index contributed by atoms with van der Waals surface area (Å²) in [6.07, 6.45) is 3.35. The fourth-order valence-electron chi connectivity index (χ4n) is 1.51. The quantitative estimate of drug-likeness (QED) is 0.590. The van der Waals surface area contributed by atoms with Gasteiger partial charge in [0.2, 0.25) is 6.08 Å². The van der Waals surface area contributed by atoms with E-state index in [1.54, 1.807) is 23.6 Å². The van der Waals surface area contributed by atoms with Crippen LogP contribution >= 0.6 is 11.3 Å². The Bertz CT molecular complexity index is 395. The van der Waals surface area contributed by atoms with Gasteiger partial charge in [0.05, 0.1) is 24.1 Å². The Balaban J connectivity index is 2.08. The van der Waals surface area contributed by atoms with Crippen LogP contribution in [0.15, 0.2) is 11.2 Å². The molecule has 0 N–H and O–H groups in total. The molecule has 0 spiro atoms. The topological polar surface area (TPSA) is 54.8 Å². The Labute approximate surface area is 97.8 Å². The van der Waals surface area contributed by atoms with Gasteiger partial charge < -0.3 is 9.64 Å². The molecule has 86 valence electrons. The van der Waals surface area contributed by atoms with E-state index >= 15 is 0 Å². The summed E-state index contributed by atoms with van der Waals surface area (Å²) in [6, 6.07) is -0.148. The molecule has 1 atom stereocenters. The molecule has 1 aliphatic heterocycles. The molecule has 16 heavy (non-hydrogen) atoms. The van der Waals surface area contributed by atoms with Crippen LogP contribution in [0.5, 0.6) is 0 Å². The van der Waals surface area contributed by atoms with Gasteiger partial charge in [0.25, 0.3) is 0 Å². The molecule has 0 radical (unpaired) electrons. The number of rotatable bonds is 3. The van der Waals surface area contributed by atoms with E-state index in [1.165, 1.54) is 0 Å². The second kappa shape index (κ2) is 5.21. The van der Waals surface area contributed by atoms with Crippen molar-refractivity contribution >= 4 is 22.5 Å². The van der Waals surface area contributed by atoms with Crippen molar-refractivity contribution < 1.29 is 9.53 Å². The van der Waals surface area contributed by atoms with E-state index < -0.39 is 0 Å². The van der Waals surface area contributed by atoms with Gasteiger partial charge in [-0.25, -0.2) is 9.78 Å². The van der Waals surface area contributed by atoms with E-state index in [4.69, 9.17) is 4.74 Å². The number of aliphatic imine (C=N–C) groups is 1. The molecule has 0 saturated carbocycles. The maximum absolute atomic E-state index is 10.2. The molecule has 1 saturated heterocycles. The number of hydrogen-bond acceptors (Lipinski definition) is 6. The van der Waals surface area contributed by atoms with Crippen LogP contribution in [0.2, 0.25) is 0 Å². The second-order valence-electron chi connectivity index (χ2n) is 3.54. The molecule has 1 aromatic rings. The number of aromatic nitrogens is 1. The van der Waals surface area contributed by atoms with Crippen LogP contribution in [0.25, 0.3) is 0 Å². The number of carbonyl (C=O) groups excluding carboxylic acids is 1. The van der Waals surface area contributed by atoms with Gasteiger partial charge in [0, 0.05) is 19.3 Å². The van der Waals surface area contributed by atoms with Crippen molar-refractivity contribution in [1.82, 2.24) is 4.98 Å². The summed E-state index contributed by atoms with van der Waals surface area (Å²) in [5.74, 6) is 0. The molecule has 6 heteroatoms. The minimum Gasteiger partial charge on any atom is -0.378 e. The third kappa shape index (κ3) is 2.47. The predicted molar refractivity (Wildman–Crippen MR) is 61.7 cm³/mol. The summed E-state index contributed by atoms with van der Waals surface area (Å²) in [7, 11) is 0. The van der Waals surface area contributed by atoms with Crippen molar-refractivity contribution in [1.29, 1.82) is 0 Å². The molecule has 0 bridgehead atoms. The zero-order valence-corrected chi connectivity index (χ0v) is 9.87. The maximum atomic E-state index is 10.2. The lowest BCUT2D eigenvalue weighted by Gasteiger charge is -2.26. The Hall–Kier alpha value is -1.23. The van der Waals surface area contributed by atoms with Gasteiger partial charge in [-0.1, -0.05) is 11.3 Å².